The van der Waals surface area contributed by atoms with E-state index in [0.29, 0.717) is 12.4 Å². The number of benzene rings is 1. The van der Waals surface area contributed by atoms with Crippen molar-refractivity contribution in [3.8, 4) is 0 Å². The Kier molecular flexibility index (Phi) is 2.77. The predicted molar refractivity (Wildman–Crippen MR) is 55.4 cm³/mol. The van der Waals surface area contributed by atoms with Gasteiger partial charge in [0.25, 0.3) is 4.84 Å². The van der Waals surface area contributed by atoms with E-state index < -0.39 is 0 Å². The molecule has 1 aromatic heterocycles. The summed E-state index contributed by atoms with van der Waals surface area (Å²) in [7, 11) is 0. The molecule has 0 aliphatic rings. The molecule has 0 spiro atoms. The van der Waals surface area contributed by atoms with Crippen LogP contribution in [0.4, 0.5) is 10.1 Å². The molecule has 0 bridgehead atoms. The van der Waals surface area contributed by atoms with Gasteiger partial charge in [-0.3, -0.25) is 0 Å². The van der Waals surface area contributed by atoms with Crippen molar-refractivity contribution < 1.29 is 8.81 Å². The maximum Gasteiger partial charge on any atom is 0.284 e. The van der Waals surface area contributed by atoms with E-state index in [1.54, 1.807) is 12.1 Å². The van der Waals surface area contributed by atoms with Crippen molar-refractivity contribution in [3.63, 3.8) is 0 Å². The molecule has 1 heterocycles. The SMILES string of the molecule is Fc1ccc(NCc2n[nH]c(=S)o2)cc1. The summed E-state index contributed by atoms with van der Waals surface area (Å²) >= 11 is 4.72. The van der Waals surface area contributed by atoms with Gasteiger partial charge in [-0.2, -0.15) is 0 Å². The Morgan fingerprint density at radius 3 is 2.73 bits per heavy atom. The van der Waals surface area contributed by atoms with Crippen LogP contribution in [0.1, 0.15) is 5.89 Å². The molecule has 4 nitrogen and oxygen atoms in total. The summed E-state index contributed by atoms with van der Waals surface area (Å²) < 4.78 is 17.6. The van der Waals surface area contributed by atoms with Gasteiger partial charge in [-0.05, 0) is 36.5 Å². The van der Waals surface area contributed by atoms with E-state index in [0.717, 1.165) is 5.69 Å². The van der Waals surface area contributed by atoms with E-state index in [1.807, 2.05) is 0 Å². The number of rotatable bonds is 3. The number of halogens is 1. The minimum atomic E-state index is -0.266. The fourth-order valence-corrected chi connectivity index (χ4v) is 1.22. The molecule has 0 fully saturated rings. The quantitative estimate of drug-likeness (QED) is 0.788. The van der Waals surface area contributed by atoms with E-state index in [1.165, 1.54) is 12.1 Å². The highest BCUT2D eigenvalue weighted by molar-refractivity contribution is 7.71. The van der Waals surface area contributed by atoms with Crippen LogP contribution in [0.25, 0.3) is 0 Å². The Labute approximate surface area is 90.1 Å². The van der Waals surface area contributed by atoms with Gasteiger partial charge in [-0.1, -0.05) is 0 Å². The monoisotopic (exact) mass is 225 g/mol. The molecule has 0 aliphatic carbocycles. The molecule has 0 radical (unpaired) electrons. The Morgan fingerprint density at radius 2 is 2.13 bits per heavy atom. The zero-order chi connectivity index (χ0) is 10.7. The van der Waals surface area contributed by atoms with Crippen LogP contribution in [0.15, 0.2) is 28.7 Å². The highest BCUT2D eigenvalue weighted by atomic mass is 32.1. The first-order valence-corrected chi connectivity index (χ1v) is 4.69. The van der Waals surface area contributed by atoms with Crippen LogP contribution >= 0.6 is 12.2 Å². The summed E-state index contributed by atoms with van der Waals surface area (Å²) in [5.41, 5.74) is 0.792. The third-order valence-electron chi connectivity index (χ3n) is 1.77. The van der Waals surface area contributed by atoms with Gasteiger partial charge in [0.2, 0.25) is 5.89 Å². The maximum atomic E-state index is 12.6. The van der Waals surface area contributed by atoms with E-state index in [-0.39, 0.29) is 10.7 Å². The minimum absolute atomic E-state index is 0.242. The van der Waals surface area contributed by atoms with E-state index >= 15 is 0 Å². The molecule has 78 valence electrons. The van der Waals surface area contributed by atoms with E-state index in [2.05, 4.69) is 15.5 Å². The van der Waals surface area contributed by atoms with Crippen LogP contribution in [0.5, 0.6) is 0 Å². The lowest BCUT2D eigenvalue weighted by molar-refractivity contribution is 0.489. The molecule has 0 aliphatic heterocycles. The number of anilines is 1. The van der Waals surface area contributed by atoms with Gasteiger partial charge >= 0.3 is 0 Å². The highest BCUT2D eigenvalue weighted by Gasteiger charge is 1.99. The molecule has 2 N–H and O–H groups in total. The second-order valence-electron chi connectivity index (χ2n) is 2.87. The molecule has 0 unspecified atom stereocenters. The summed E-state index contributed by atoms with van der Waals surface area (Å²) in [6.07, 6.45) is 0. The van der Waals surface area contributed by atoms with Crippen molar-refractivity contribution in [2.24, 2.45) is 0 Å². The second-order valence-corrected chi connectivity index (χ2v) is 3.24. The molecular weight excluding hydrogens is 217 g/mol. The second kappa shape index (κ2) is 4.22. The van der Waals surface area contributed by atoms with Crippen molar-refractivity contribution in [2.45, 2.75) is 6.54 Å². The van der Waals surface area contributed by atoms with Crippen molar-refractivity contribution >= 4 is 17.9 Å². The van der Waals surface area contributed by atoms with Crippen LogP contribution in [0, 0.1) is 10.7 Å². The number of aromatic nitrogens is 2. The molecule has 0 saturated carbocycles. The Morgan fingerprint density at radius 1 is 1.40 bits per heavy atom. The average molecular weight is 225 g/mol. The topological polar surface area (TPSA) is 53.9 Å². The van der Waals surface area contributed by atoms with Crippen LogP contribution in [-0.2, 0) is 6.54 Å². The molecular formula is C9H8FN3OS. The number of nitrogens with zero attached hydrogens (tertiary/aromatic N) is 1. The summed E-state index contributed by atoms with van der Waals surface area (Å²) in [4.78, 5) is 0.242. The van der Waals surface area contributed by atoms with Gasteiger partial charge < -0.3 is 9.73 Å². The fourth-order valence-electron chi connectivity index (χ4n) is 1.08. The molecule has 6 heteroatoms. The Hall–Kier alpha value is -1.69. The van der Waals surface area contributed by atoms with Crippen LogP contribution < -0.4 is 5.32 Å². The summed E-state index contributed by atoms with van der Waals surface area (Å²) in [5, 5.41) is 9.34. The van der Waals surface area contributed by atoms with Gasteiger partial charge in [-0.15, -0.1) is 5.10 Å². The third kappa shape index (κ3) is 2.63. The highest BCUT2D eigenvalue weighted by Crippen LogP contribution is 2.09. The molecule has 15 heavy (non-hydrogen) atoms. The smallest absolute Gasteiger partial charge is 0.284 e. The number of H-pyrrole nitrogens is 1. The van der Waals surface area contributed by atoms with Crippen molar-refractivity contribution in [3.05, 3.63) is 40.8 Å². The fraction of sp³-hybridized carbons (Fsp3) is 0.111. The molecule has 0 amide bonds. The van der Waals surface area contributed by atoms with Crippen molar-refractivity contribution in [1.29, 1.82) is 0 Å². The van der Waals surface area contributed by atoms with Crippen LogP contribution in [-0.4, -0.2) is 10.2 Å². The third-order valence-corrected chi connectivity index (χ3v) is 1.94. The van der Waals surface area contributed by atoms with Crippen LogP contribution in [0.2, 0.25) is 0 Å². The van der Waals surface area contributed by atoms with E-state index in [9.17, 15) is 4.39 Å². The molecule has 0 atom stereocenters. The van der Waals surface area contributed by atoms with Gasteiger partial charge in [-0.25, -0.2) is 9.49 Å². The molecule has 0 saturated heterocycles. The number of nitrogens with one attached hydrogen (secondary N) is 2. The Balaban J connectivity index is 1.99. The summed E-state index contributed by atoms with van der Waals surface area (Å²) in [5.74, 6) is 0.196. The molecule has 1 aromatic carbocycles. The van der Waals surface area contributed by atoms with Crippen LogP contribution in [0.3, 0.4) is 0 Å². The van der Waals surface area contributed by atoms with Gasteiger partial charge in [0.15, 0.2) is 0 Å². The predicted octanol–water partition coefficient (Wildman–Crippen LogP) is 2.48. The Bertz CT molecular complexity index is 491. The summed E-state index contributed by atoms with van der Waals surface area (Å²) in [6, 6.07) is 6.03. The molecule has 2 rings (SSSR count). The first-order chi connectivity index (χ1) is 7.24. The van der Waals surface area contributed by atoms with E-state index in [4.69, 9.17) is 16.6 Å². The minimum Gasteiger partial charge on any atom is -0.412 e. The van der Waals surface area contributed by atoms with Gasteiger partial charge in [0, 0.05) is 5.69 Å². The zero-order valence-corrected chi connectivity index (χ0v) is 8.47. The number of aromatic amines is 1. The number of hydrogen-bond acceptors (Lipinski definition) is 4. The van der Waals surface area contributed by atoms with Gasteiger partial charge in [0.05, 0.1) is 6.54 Å². The van der Waals surface area contributed by atoms with Gasteiger partial charge in [0.1, 0.15) is 5.82 Å². The normalized spacial score (nSPS) is 10.2. The molecule has 2 aromatic rings. The average Bonchev–Trinajstić information content (AvgIpc) is 2.64. The maximum absolute atomic E-state index is 12.6. The lowest BCUT2D eigenvalue weighted by Gasteiger charge is -2.01. The largest absolute Gasteiger partial charge is 0.412 e. The lowest BCUT2D eigenvalue weighted by Crippen LogP contribution is -1.99. The van der Waals surface area contributed by atoms with Crippen molar-refractivity contribution in [2.75, 3.05) is 5.32 Å². The van der Waals surface area contributed by atoms with Crippen molar-refractivity contribution in [1.82, 2.24) is 10.2 Å². The standard InChI is InChI=1S/C9H8FN3OS/c10-6-1-3-7(4-2-6)11-5-8-12-13-9(15)14-8/h1-4,11H,5H2,(H,13,15). The first kappa shape index (κ1) is 9.85. The first-order valence-electron chi connectivity index (χ1n) is 4.28. The zero-order valence-electron chi connectivity index (χ0n) is 7.66. The summed E-state index contributed by atoms with van der Waals surface area (Å²) in [6.45, 7) is 0.402. The lowest BCUT2D eigenvalue weighted by atomic mass is 10.3. The number of hydrogen-bond donors (Lipinski definition) is 2.